The van der Waals surface area contributed by atoms with Crippen molar-refractivity contribution in [3.8, 4) is 11.5 Å². The number of halogens is 2. The van der Waals surface area contributed by atoms with Gasteiger partial charge in [0.2, 0.25) is 0 Å². The number of nitrogens with one attached hydrogen (secondary N) is 1. The largest absolute Gasteiger partial charge is 0.504 e. The van der Waals surface area contributed by atoms with E-state index in [0.29, 0.717) is 36.6 Å². The molecule has 0 bridgehead atoms. The number of aromatic hydroxyl groups is 1. The van der Waals surface area contributed by atoms with E-state index in [-0.39, 0.29) is 11.7 Å². The van der Waals surface area contributed by atoms with Crippen molar-refractivity contribution in [1.29, 1.82) is 0 Å². The van der Waals surface area contributed by atoms with E-state index >= 15 is 0 Å². The van der Waals surface area contributed by atoms with E-state index in [1.807, 2.05) is 0 Å². The second kappa shape index (κ2) is 7.51. The Hall–Kier alpha value is -1.96. The number of ether oxygens (including phenoxy) is 1. The first-order valence-corrected chi connectivity index (χ1v) is 9.06. The summed E-state index contributed by atoms with van der Waals surface area (Å²) in [7, 11) is 1.47. The van der Waals surface area contributed by atoms with E-state index in [1.54, 1.807) is 36.4 Å². The van der Waals surface area contributed by atoms with E-state index in [9.17, 15) is 9.90 Å². The Labute approximate surface area is 161 Å². The molecule has 0 atom stereocenters. The number of hydrogen-bond acceptors (Lipinski definition) is 5. The van der Waals surface area contributed by atoms with Crippen molar-refractivity contribution in [2.45, 2.75) is 0 Å². The van der Waals surface area contributed by atoms with Gasteiger partial charge in [-0.05, 0) is 59.8 Å². The lowest BCUT2D eigenvalue weighted by molar-refractivity contribution is -0.115. The predicted octanol–water partition coefficient (Wildman–Crippen LogP) is 4.71. The van der Waals surface area contributed by atoms with E-state index in [0.717, 1.165) is 0 Å². The second-order valence-electron chi connectivity index (χ2n) is 5.00. The quantitative estimate of drug-likeness (QED) is 0.680. The highest BCUT2D eigenvalue weighted by molar-refractivity contribution is 9.10. The molecule has 5 nitrogen and oxygen atoms in total. The second-order valence-corrected chi connectivity index (χ2v) is 7.33. The van der Waals surface area contributed by atoms with E-state index in [1.165, 1.54) is 24.9 Å². The van der Waals surface area contributed by atoms with Crippen LogP contribution >= 0.6 is 39.3 Å². The van der Waals surface area contributed by atoms with Gasteiger partial charge in [-0.25, -0.2) is 4.99 Å². The highest BCUT2D eigenvalue weighted by atomic mass is 79.9. The van der Waals surface area contributed by atoms with Crippen LogP contribution in [0.3, 0.4) is 0 Å². The lowest BCUT2D eigenvalue weighted by Gasteiger charge is -2.06. The summed E-state index contributed by atoms with van der Waals surface area (Å²) in [5.74, 6) is 0.107. The van der Waals surface area contributed by atoms with Crippen LogP contribution in [0.25, 0.3) is 6.08 Å². The maximum absolute atomic E-state index is 12.2. The van der Waals surface area contributed by atoms with Gasteiger partial charge in [-0.3, -0.25) is 4.79 Å². The van der Waals surface area contributed by atoms with Crippen LogP contribution in [0.4, 0.5) is 5.69 Å². The van der Waals surface area contributed by atoms with Crippen molar-refractivity contribution < 1.29 is 14.6 Å². The number of amides is 1. The van der Waals surface area contributed by atoms with Crippen molar-refractivity contribution in [1.82, 2.24) is 5.32 Å². The predicted molar refractivity (Wildman–Crippen MR) is 105 cm³/mol. The fourth-order valence-electron chi connectivity index (χ4n) is 2.09. The van der Waals surface area contributed by atoms with Gasteiger partial charge in [0.1, 0.15) is 0 Å². The maximum Gasteiger partial charge on any atom is 0.264 e. The number of thioether (sulfide) groups is 1. The number of hydrogen-bond donors (Lipinski definition) is 2. The number of aliphatic imine (C=N–C) groups is 1. The number of amidine groups is 1. The Morgan fingerprint density at radius 2 is 2.04 bits per heavy atom. The summed E-state index contributed by atoms with van der Waals surface area (Å²) in [6.45, 7) is 0. The number of carbonyl (C=O) groups excluding carboxylic acids is 1. The van der Waals surface area contributed by atoms with Gasteiger partial charge in [-0.2, -0.15) is 0 Å². The molecule has 1 heterocycles. The molecule has 25 heavy (non-hydrogen) atoms. The Balaban J connectivity index is 1.88. The molecule has 0 aromatic heterocycles. The highest BCUT2D eigenvalue weighted by Crippen LogP contribution is 2.35. The lowest BCUT2D eigenvalue weighted by Crippen LogP contribution is -2.19. The Morgan fingerprint density at radius 1 is 1.32 bits per heavy atom. The topological polar surface area (TPSA) is 70.9 Å². The zero-order valence-corrected chi connectivity index (χ0v) is 16.1. The minimum atomic E-state index is -0.239. The molecule has 128 valence electrons. The third kappa shape index (κ3) is 4.18. The van der Waals surface area contributed by atoms with Crippen LogP contribution in [0, 0.1) is 0 Å². The number of phenols is 1. The van der Waals surface area contributed by atoms with Gasteiger partial charge in [-0.15, -0.1) is 0 Å². The Kier molecular flexibility index (Phi) is 5.36. The Morgan fingerprint density at radius 3 is 2.72 bits per heavy atom. The molecule has 2 aromatic carbocycles. The van der Waals surface area contributed by atoms with Gasteiger partial charge in [0, 0.05) is 9.50 Å². The van der Waals surface area contributed by atoms with E-state index < -0.39 is 0 Å². The highest BCUT2D eigenvalue weighted by Gasteiger charge is 2.24. The van der Waals surface area contributed by atoms with Gasteiger partial charge < -0.3 is 15.2 Å². The van der Waals surface area contributed by atoms with Crippen LogP contribution in [0.5, 0.6) is 11.5 Å². The SMILES string of the molecule is COc1cc(/C=C2\SC(=Nc3ccc(Cl)cc3)NC2=O)c(Br)cc1O. The molecule has 1 aliphatic rings. The summed E-state index contributed by atoms with van der Waals surface area (Å²) in [5, 5.41) is 13.6. The molecule has 2 N–H and O–H groups in total. The molecule has 2 aromatic rings. The molecule has 0 saturated carbocycles. The molecular weight excluding hydrogens is 428 g/mol. The lowest BCUT2D eigenvalue weighted by atomic mass is 10.2. The standard InChI is InChI=1S/C17H12BrClN2O3S/c1-24-14-6-9(12(18)8-13(14)22)7-15-16(23)21-17(25-15)20-11-4-2-10(19)3-5-11/h2-8,22H,1H3,(H,20,21,23)/b15-7-. The number of phenolic OH excluding ortho intramolecular Hbond substituents is 1. The number of methoxy groups -OCH3 is 1. The fourth-order valence-corrected chi connectivity index (χ4v) is 3.49. The van der Waals surface area contributed by atoms with Crippen molar-refractivity contribution in [3.05, 3.63) is 56.4 Å². The molecule has 0 radical (unpaired) electrons. The molecule has 3 rings (SSSR count). The van der Waals surface area contributed by atoms with Crippen LogP contribution in [0.2, 0.25) is 5.02 Å². The zero-order valence-electron chi connectivity index (χ0n) is 12.9. The summed E-state index contributed by atoms with van der Waals surface area (Å²) in [4.78, 5) is 17.0. The van der Waals surface area contributed by atoms with Crippen molar-refractivity contribution >= 4 is 62.1 Å². The van der Waals surface area contributed by atoms with Gasteiger partial charge in [0.05, 0.1) is 17.7 Å². The van der Waals surface area contributed by atoms with Gasteiger partial charge in [-0.1, -0.05) is 27.5 Å². The number of nitrogens with zero attached hydrogens (tertiary/aromatic N) is 1. The van der Waals surface area contributed by atoms with Gasteiger partial charge in [0.15, 0.2) is 16.7 Å². The van der Waals surface area contributed by atoms with Crippen LogP contribution in [0.1, 0.15) is 5.56 Å². The van der Waals surface area contributed by atoms with Gasteiger partial charge >= 0.3 is 0 Å². The number of carbonyl (C=O) groups is 1. The summed E-state index contributed by atoms with van der Waals surface area (Å²) in [6.07, 6.45) is 1.70. The first kappa shape index (κ1) is 17.8. The first-order chi connectivity index (χ1) is 12.0. The summed E-state index contributed by atoms with van der Waals surface area (Å²) < 4.78 is 5.75. The van der Waals surface area contributed by atoms with Crippen LogP contribution in [0.15, 0.2) is 50.8 Å². The van der Waals surface area contributed by atoms with Crippen LogP contribution < -0.4 is 10.1 Å². The molecule has 1 fully saturated rings. The summed E-state index contributed by atoms with van der Waals surface area (Å²) in [5.41, 5.74) is 1.40. The van der Waals surface area contributed by atoms with Crippen molar-refractivity contribution in [2.24, 2.45) is 4.99 Å². The third-order valence-corrected chi connectivity index (χ3v) is 5.14. The summed E-state index contributed by atoms with van der Waals surface area (Å²) >= 11 is 10.5. The molecule has 1 aliphatic heterocycles. The number of rotatable bonds is 3. The van der Waals surface area contributed by atoms with Crippen LogP contribution in [-0.2, 0) is 4.79 Å². The first-order valence-electron chi connectivity index (χ1n) is 7.08. The minimum Gasteiger partial charge on any atom is -0.504 e. The average molecular weight is 440 g/mol. The minimum absolute atomic E-state index is 0.0186. The van der Waals surface area contributed by atoms with Crippen LogP contribution in [-0.4, -0.2) is 23.3 Å². The molecular formula is C17H12BrClN2O3S. The van der Waals surface area contributed by atoms with Crippen molar-refractivity contribution in [2.75, 3.05) is 7.11 Å². The van der Waals surface area contributed by atoms with Crippen molar-refractivity contribution in [3.63, 3.8) is 0 Å². The summed E-state index contributed by atoms with van der Waals surface area (Å²) in [6, 6.07) is 10.2. The third-order valence-electron chi connectivity index (χ3n) is 3.29. The fraction of sp³-hybridized carbons (Fsp3) is 0.0588. The number of benzene rings is 2. The molecule has 0 unspecified atom stereocenters. The Bertz CT molecular complexity index is 898. The van der Waals surface area contributed by atoms with E-state index in [4.69, 9.17) is 16.3 Å². The monoisotopic (exact) mass is 438 g/mol. The molecule has 0 aliphatic carbocycles. The molecule has 8 heteroatoms. The normalized spacial score (nSPS) is 17.2. The van der Waals surface area contributed by atoms with Gasteiger partial charge in [0.25, 0.3) is 5.91 Å². The maximum atomic E-state index is 12.2. The average Bonchev–Trinajstić information content (AvgIpc) is 2.91. The smallest absolute Gasteiger partial charge is 0.264 e. The zero-order chi connectivity index (χ0) is 18.0. The molecule has 0 spiro atoms. The molecule has 1 amide bonds. The van der Waals surface area contributed by atoms with E-state index in [2.05, 4.69) is 26.2 Å². The molecule has 1 saturated heterocycles.